The molecular formula is C46H60N4O10S2. The second-order valence-corrected chi connectivity index (χ2v) is 22.1. The van der Waals surface area contributed by atoms with Crippen LogP contribution in [0.15, 0.2) is 36.4 Å². The monoisotopic (exact) mass is 892 g/mol. The molecule has 2 unspecified atom stereocenters. The minimum atomic E-state index is -3.49. The largest absolute Gasteiger partial charge is 0.478 e. The number of hydrogen-bond acceptors (Lipinski definition) is 9. The molecule has 0 radical (unpaired) electrons. The molecule has 62 heavy (non-hydrogen) atoms. The fraction of sp³-hybridized carbons (Fsp3) is 0.587. The van der Waals surface area contributed by atoms with E-state index >= 15 is 0 Å². The van der Waals surface area contributed by atoms with Gasteiger partial charge in [-0.3, -0.25) is 9.59 Å². The van der Waals surface area contributed by atoms with Crippen molar-refractivity contribution in [3.05, 3.63) is 70.0 Å². The third-order valence-electron chi connectivity index (χ3n) is 14.0. The molecule has 2 saturated heterocycles. The number of amides is 2. The molecule has 336 valence electrons. The van der Waals surface area contributed by atoms with E-state index in [4.69, 9.17) is 9.47 Å². The third kappa shape index (κ3) is 8.94. The first-order chi connectivity index (χ1) is 29.7. The Morgan fingerprint density at radius 3 is 1.56 bits per heavy atom. The van der Waals surface area contributed by atoms with Crippen molar-refractivity contribution in [1.82, 2.24) is 18.2 Å². The number of hydrogen-bond donors (Lipinski definition) is 2. The van der Waals surface area contributed by atoms with Crippen molar-refractivity contribution >= 4 is 59.6 Å². The van der Waals surface area contributed by atoms with Gasteiger partial charge in [-0.2, -0.15) is 0 Å². The predicted octanol–water partition coefficient (Wildman–Crippen LogP) is 5.79. The molecule has 14 nitrogen and oxygen atoms in total. The fourth-order valence-corrected chi connectivity index (χ4v) is 12.9. The molecule has 9 rings (SSSR count). The SMILES string of the molecule is CCS(=O)(=O)n1c2c(c3cc(C(=O)N(C)CC(=O)NC4CC4)ccc31)CC(C1CCOCC1)CC2.CCS(=O)(=O)n1c2c(c3cc(C(=O)O)ccc31)CC(C1CCOCC1)CC2. The number of carboxylic acids is 1. The van der Waals surface area contributed by atoms with Crippen LogP contribution in [0.3, 0.4) is 0 Å². The van der Waals surface area contributed by atoms with Gasteiger partial charge in [0.2, 0.25) is 26.0 Å². The third-order valence-corrected chi connectivity index (χ3v) is 17.4. The number of benzene rings is 2. The summed E-state index contributed by atoms with van der Waals surface area (Å²) in [6, 6.07) is 10.3. The topological polar surface area (TPSA) is 183 Å². The van der Waals surface area contributed by atoms with Crippen molar-refractivity contribution in [2.75, 3.05) is 51.5 Å². The first-order valence-electron chi connectivity index (χ1n) is 22.4. The Kier molecular flexibility index (Phi) is 12.9. The summed E-state index contributed by atoms with van der Waals surface area (Å²) < 4.78 is 65.8. The van der Waals surface area contributed by atoms with Gasteiger partial charge < -0.3 is 24.8 Å². The molecule has 4 heterocycles. The summed E-state index contributed by atoms with van der Waals surface area (Å²) in [4.78, 5) is 38.2. The van der Waals surface area contributed by atoms with Crippen LogP contribution in [-0.2, 0) is 60.0 Å². The van der Waals surface area contributed by atoms with E-state index in [1.807, 2.05) is 6.07 Å². The van der Waals surface area contributed by atoms with E-state index < -0.39 is 26.0 Å². The van der Waals surface area contributed by atoms with Crippen molar-refractivity contribution in [3.8, 4) is 0 Å². The molecule has 3 aliphatic carbocycles. The summed E-state index contributed by atoms with van der Waals surface area (Å²) in [5, 5.41) is 13.9. The quantitative estimate of drug-likeness (QED) is 0.187. The summed E-state index contributed by atoms with van der Waals surface area (Å²) >= 11 is 0. The minimum absolute atomic E-state index is 0.00251. The summed E-state index contributed by atoms with van der Waals surface area (Å²) in [6.07, 6.45) is 11.2. The van der Waals surface area contributed by atoms with Crippen LogP contribution in [0, 0.1) is 23.7 Å². The maximum absolute atomic E-state index is 13.2. The molecule has 2 aliphatic heterocycles. The van der Waals surface area contributed by atoms with Crippen LogP contribution < -0.4 is 5.32 Å². The number of nitrogens with one attached hydrogen (secondary N) is 1. The van der Waals surface area contributed by atoms with Crippen molar-refractivity contribution in [2.24, 2.45) is 23.7 Å². The summed E-state index contributed by atoms with van der Waals surface area (Å²) in [5.41, 5.74) is 5.72. The second kappa shape index (κ2) is 18.1. The van der Waals surface area contributed by atoms with Gasteiger partial charge in [-0.15, -0.1) is 0 Å². The molecule has 1 saturated carbocycles. The van der Waals surface area contributed by atoms with Gasteiger partial charge in [0, 0.05) is 67.2 Å². The number of aromatic carboxylic acids is 1. The number of rotatable bonds is 11. The van der Waals surface area contributed by atoms with Gasteiger partial charge in [0.15, 0.2) is 0 Å². The Balaban J connectivity index is 0.000000176. The summed E-state index contributed by atoms with van der Waals surface area (Å²) in [6.45, 7) is 6.49. The first kappa shape index (κ1) is 44.4. The highest BCUT2D eigenvalue weighted by Gasteiger charge is 2.36. The maximum Gasteiger partial charge on any atom is 0.335 e. The zero-order valence-corrected chi connectivity index (χ0v) is 37.7. The van der Waals surface area contributed by atoms with Crippen LogP contribution in [0.2, 0.25) is 0 Å². The lowest BCUT2D eigenvalue weighted by atomic mass is 9.75. The second-order valence-electron chi connectivity index (χ2n) is 17.9. The zero-order valence-electron chi connectivity index (χ0n) is 36.1. The molecule has 5 aliphatic rings. The van der Waals surface area contributed by atoms with E-state index in [2.05, 4.69) is 5.32 Å². The lowest BCUT2D eigenvalue weighted by molar-refractivity contribution is -0.121. The van der Waals surface area contributed by atoms with Gasteiger partial charge >= 0.3 is 5.97 Å². The van der Waals surface area contributed by atoms with Crippen molar-refractivity contribution in [3.63, 3.8) is 0 Å². The number of nitrogens with zero attached hydrogens (tertiary/aromatic N) is 3. The minimum Gasteiger partial charge on any atom is -0.478 e. The Labute approximate surface area is 364 Å². The number of carboxylic acid groups (broad SMARTS) is 1. The Hall–Kier alpha value is -4.25. The maximum atomic E-state index is 13.2. The first-order valence-corrected chi connectivity index (χ1v) is 25.6. The van der Waals surface area contributed by atoms with Crippen LogP contribution in [0.1, 0.15) is 108 Å². The molecule has 16 heteroatoms. The van der Waals surface area contributed by atoms with Crippen molar-refractivity contribution in [2.45, 2.75) is 96.9 Å². The molecule has 2 aromatic heterocycles. The Morgan fingerprint density at radius 1 is 0.677 bits per heavy atom. The van der Waals surface area contributed by atoms with E-state index in [9.17, 15) is 36.3 Å². The number of aromatic nitrogens is 2. The van der Waals surface area contributed by atoms with Gasteiger partial charge in [-0.05, 0) is 162 Å². The molecule has 3 fully saturated rings. The van der Waals surface area contributed by atoms with Crippen molar-refractivity contribution in [1.29, 1.82) is 0 Å². The number of ether oxygens (including phenoxy) is 2. The van der Waals surface area contributed by atoms with E-state index in [-0.39, 0.29) is 41.5 Å². The fourth-order valence-electron chi connectivity index (χ4n) is 10.4. The highest BCUT2D eigenvalue weighted by Crippen LogP contribution is 2.42. The van der Waals surface area contributed by atoms with Crippen LogP contribution in [0.5, 0.6) is 0 Å². The molecule has 2 aromatic carbocycles. The molecule has 4 aromatic rings. The van der Waals surface area contributed by atoms with E-state index in [0.717, 1.165) is 130 Å². The van der Waals surface area contributed by atoms with Gasteiger partial charge in [-0.1, -0.05) is 0 Å². The lowest BCUT2D eigenvalue weighted by Gasteiger charge is -2.33. The molecule has 2 N–H and O–H groups in total. The molecular weight excluding hydrogens is 833 g/mol. The van der Waals surface area contributed by atoms with Crippen LogP contribution in [0.25, 0.3) is 21.8 Å². The van der Waals surface area contributed by atoms with Gasteiger partial charge in [-0.25, -0.2) is 29.6 Å². The van der Waals surface area contributed by atoms with E-state index in [1.165, 1.54) is 18.9 Å². The highest BCUT2D eigenvalue weighted by atomic mass is 32.2. The summed E-state index contributed by atoms with van der Waals surface area (Å²) in [5.74, 6) is 0.819. The smallest absolute Gasteiger partial charge is 0.335 e. The Morgan fingerprint density at radius 2 is 1.13 bits per heavy atom. The average Bonchev–Trinajstić information content (AvgIpc) is 3.95. The van der Waals surface area contributed by atoms with Crippen molar-refractivity contribution < 1.29 is 45.8 Å². The zero-order chi connectivity index (χ0) is 43.9. The normalized spacial score (nSPS) is 21.1. The van der Waals surface area contributed by atoms with Crippen LogP contribution in [-0.4, -0.2) is 110 Å². The molecule has 0 bridgehead atoms. The van der Waals surface area contributed by atoms with Crippen LogP contribution >= 0.6 is 0 Å². The summed E-state index contributed by atoms with van der Waals surface area (Å²) in [7, 11) is -5.31. The van der Waals surface area contributed by atoms with Gasteiger partial charge in [0.25, 0.3) is 5.91 Å². The number of carbonyl (C=O) groups is 3. The molecule has 2 amide bonds. The van der Waals surface area contributed by atoms with E-state index in [1.54, 1.807) is 45.2 Å². The number of carbonyl (C=O) groups excluding carboxylic acids is 2. The molecule has 2 atom stereocenters. The number of fused-ring (bicyclic) bond motifs is 6. The van der Waals surface area contributed by atoms with Crippen LogP contribution in [0.4, 0.5) is 0 Å². The molecule has 0 spiro atoms. The van der Waals surface area contributed by atoms with Gasteiger partial charge in [0.05, 0.1) is 34.6 Å². The average molecular weight is 893 g/mol. The highest BCUT2D eigenvalue weighted by molar-refractivity contribution is 7.90. The Bertz CT molecular complexity index is 2580. The standard InChI is InChI=1S/C26H35N3O5S.C20H25NO5S/c1-3-35(32,33)29-23-8-4-18(17-10-12-34-13-11-17)14-21(23)22-15-19(5-9-24(22)29)26(31)28(2)16-25(30)27-20-6-7-20;1-2-27(24,25)21-18-5-3-14(13-7-9-26-10-8-13)11-16(18)17-12-15(20(22)23)4-6-19(17)21/h5,9,15,17-18,20H,3-4,6-8,10-14,16H2,1-2H3,(H,27,30);4,6,12-14H,2-3,5,7-11H2,1H3,(H,22,23). The van der Waals surface area contributed by atoms with Gasteiger partial charge in [0.1, 0.15) is 0 Å². The number of likely N-dealkylation sites (N-methyl/N-ethyl adjacent to an activating group) is 1. The lowest BCUT2D eigenvalue weighted by Crippen LogP contribution is -2.39. The predicted molar refractivity (Wildman–Crippen MR) is 237 cm³/mol. The van der Waals surface area contributed by atoms with E-state index in [0.29, 0.717) is 46.7 Å².